The predicted octanol–water partition coefficient (Wildman–Crippen LogP) is 4.22. The predicted molar refractivity (Wildman–Crippen MR) is 76.4 cm³/mol. The molecule has 0 fully saturated rings. The molecule has 0 bridgehead atoms. The Kier molecular flexibility index (Phi) is 6.83. The Morgan fingerprint density at radius 1 is 0.882 bits per heavy atom. The molecule has 0 atom stereocenters. The van der Waals surface area contributed by atoms with Gasteiger partial charge in [0.2, 0.25) is 0 Å². The Bertz CT molecular complexity index is 273. The van der Waals surface area contributed by atoms with Crippen molar-refractivity contribution in [3.05, 3.63) is 36.5 Å². The van der Waals surface area contributed by atoms with E-state index in [0.29, 0.717) is 0 Å². The molecule has 17 heavy (non-hydrogen) atoms. The van der Waals surface area contributed by atoms with E-state index in [1.165, 1.54) is 6.92 Å². The van der Waals surface area contributed by atoms with Crippen molar-refractivity contribution in [2.24, 2.45) is 0 Å². The van der Waals surface area contributed by atoms with Gasteiger partial charge in [-0.2, -0.15) is 0 Å². The van der Waals surface area contributed by atoms with Crippen LogP contribution in [0.25, 0.3) is 0 Å². The summed E-state index contributed by atoms with van der Waals surface area (Å²) in [6.45, 7) is 19.4. The van der Waals surface area contributed by atoms with Crippen molar-refractivity contribution in [2.45, 2.75) is 41.0 Å². The molecular formula is C14H24O2Sn. The van der Waals surface area contributed by atoms with E-state index < -0.39 is 18.8 Å². The monoisotopic (exact) mass is 344 g/mol. The fraction of sp³-hybridized carbons (Fsp3) is 0.500. The maximum atomic E-state index is 11.3. The average Bonchev–Trinajstić information content (AvgIpc) is 1.95. The van der Waals surface area contributed by atoms with Crippen molar-refractivity contribution >= 4 is 24.8 Å². The van der Waals surface area contributed by atoms with Crippen LogP contribution in [0.1, 0.15) is 27.7 Å². The van der Waals surface area contributed by atoms with Gasteiger partial charge in [-0.25, -0.2) is 0 Å². The summed E-state index contributed by atoms with van der Waals surface area (Å²) in [6, 6.07) is 0. The molecule has 96 valence electrons. The molecular weight excluding hydrogens is 319 g/mol. The summed E-state index contributed by atoms with van der Waals surface area (Å²) >= 11 is -3.03. The van der Waals surface area contributed by atoms with E-state index in [2.05, 4.69) is 19.7 Å². The second kappa shape index (κ2) is 7.04. The van der Waals surface area contributed by atoms with Crippen molar-refractivity contribution in [1.29, 1.82) is 0 Å². The third kappa shape index (κ3) is 7.42. The summed E-state index contributed by atoms with van der Waals surface area (Å²) in [5, 5.41) is 0. The quantitative estimate of drug-likeness (QED) is 0.511. The second-order valence-electron chi connectivity index (χ2n) is 5.18. The van der Waals surface area contributed by atoms with Crippen molar-refractivity contribution in [2.75, 3.05) is 0 Å². The summed E-state index contributed by atoms with van der Waals surface area (Å²) in [5.41, 5.74) is 3.26. The molecule has 0 heterocycles. The van der Waals surface area contributed by atoms with E-state index >= 15 is 0 Å². The molecule has 0 aliphatic heterocycles. The molecule has 0 N–H and O–H groups in total. The van der Waals surface area contributed by atoms with Crippen molar-refractivity contribution in [1.82, 2.24) is 0 Å². The minimum atomic E-state index is -3.03. The van der Waals surface area contributed by atoms with Crippen LogP contribution in [0.3, 0.4) is 0 Å². The summed E-state index contributed by atoms with van der Waals surface area (Å²) in [6.07, 6.45) is 0. The molecule has 3 heteroatoms. The fourth-order valence-electron chi connectivity index (χ4n) is 2.25. The Morgan fingerprint density at radius 3 is 1.35 bits per heavy atom. The van der Waals surface area contributed by atoms with Gasteiger partial charge in [0.15, 0.2) is 0 Å². The van der Waals surface area contributed by atoms with E-state index in [9.17, 15) is 4.79 Å². The van der Waals surface area contributed by atoms with E-state index in [1.807, 2.05) is 20.8 Å². The third-order valence-corrected chi connectivity index (χ3v) is 15.0. The molecule has 0 spiro atoms. The van der Waals surface area contributed by atoms with Crippen LogP contribution in [0, 0.1) is 0 Å². The first kappa shape index (κ1) is 16.5. The van der Waals surface area contributed by atoms with Crippen molar-refractivity contribution < 1.29 is 7.87 Å². The first-order chi connectivity index (χ1) is 7.67. The molecule has 0 aromatic heterocycles. The number of hydrogen-bond donors (Lipinski definition) is 0. The van der Waals surface area contributed by atoms with Gasteiger partial charge in [0, 0.05) is 0 Å². The van der Waals surface area contributed by atoms with E-state index in [1.54, 1.807) is 0 Å². The number of allylic oxidation sites excluding steroid dienone is 3. The van der Waals surface area contributed by atoms with Crippen LogP contribution >= 0.6 is 0 Å². The molecule has 0 saturated carbocycles. The van der Waals surface area contributed by atoms with Crippen molar-refractivity contribution in [3.63, 3.8) is 0 Å². The fourth-order valence-corrected chi connectivity index (χ4v) is 15.1. The van der Waals surface area contributed by atoms with Crippen LogP contribution in [0.4, 0.5) is 0 Å². The zero-order valence-corrected chi connectivity index (χ0v) is 14.4. The van der Waals surface area contributed by atoms with Gasteiger partial charge in [-0.15, -0.1) is 0 Å². The molecule has 0 rings (SSSR count). The number of rotatable bonds is 7. The van der Waals surface area contributed by atoms with Gasteiger partial charge < -0.3 is 0 Å². The third-order valence-electron chi connectivity index (χ3n) is 2.23. The van der Waals surface area contributed by atoms with Gasteiger partial charge in [0.25, 0.3) is 0 Å². The van der Waals surface area contributed by atoms with E-state index in [0.717, 1.165) is 30.0 Å². The molecule has 0 aliphatic carbocycles. The van der Waals surface area contributed by atoms with Crippen LogP contribution in [0.15, 0.2) is 36.5 Å². The summed E-state index contributed by atoms with van der Waals surface area (Å²) in [7, 11) is 0. The first-order valence-corrected chi connectivity index (χ1v) is 13.0. The van der Waals surface area contributed by atoms with E-state index in [4.69, 9.17) is 3.07 Å². The molecule has 2 nitrogen and oxygen atoms in total. The normalized spacial score (nSPS) is 10.8. The molecule has 0 aliphatic rings. The average molecular weight is 343 g/mol. The summed E-state index contributed by atoms with van der Waals surface area (Å²) < 4.78 is 8.32. The van der Waals surface area contributed by atoms with Gasteiger partial charge in [-0.1, -0.05) is 0 Å². The van der Waals surface area contributed by atoms with Gasteiger partial charge >= 0.3 is 110 Å². The Hall–Kier alpha value is -0.511. The van der Waals surface area contributed by atoms with Gasteiger partial charge in [0.05, 0.1) is 0 Å². The SMILES string of the molecule is C=C(C)[CH2][Sn]([CH2]C(=C)C)([CH2]C(=C)C)[O]C(C)=O. The Labute approximate surface area is 110 Å². The van der Waals surface area contributed by atoms with Crippen LogP contribution < -0.4 is 0 Å². The zero-order chi connectivity index (χ0) is 13.6. The molecule has 0 amide bonds. The topological polar surface area (TPSA) is 26.3 Å². The Balaban J connectivity index is 5.16. The van der Waals surface area contributed by atoms with Crippen molar-refractivity contribution in [3.8, 4) is 0 Å². The zero-order valence-electron chi connectivity index (χ0n) is 11.6. The molecule has 0 unspecified atom stereocenters. The van der Waals surface area contributed by atoms with Gasteiger partial charge in [-0.05, 0) is 0 Å². The number of hydrogen-bond acceptors (Lipinski definition) is 2. The van der Waals surface area contributed by atoms with Crippen LogP contribution in [-0.4, -0.2) is 24.8 Å². The van der Waals surface area contributed by atoms with Crippen LogP contribution in [0.2, 0.25) is 13.3 Å². The standard InChI is InChI=1S/3C4H7.C2H4O2.Sn/c3*1-4(2)3;1-2(3)4;/h3*1-2H2,3H3;1H3,(H,3,4);/q;;;;+1/p-1. The second-order valence-corrected chi connectivity index (χ2v) is 15.5. The Morgan fingerprint density at radius 2 is 1.18 bits per heavy atom. The van der Waals surface area contributed by atoms with Gasteiger partial charge in [-0.3, -0.25) is 0 Å². The summed E-state index contributed by atoms with van der Waals surface area (Å²) in [5.74, 6) is -0.176. The van der Waals surface area contributed by atoms with E-state index in [-0.39, 0.29) is 5.97 Å². The molecule has 0 saturated heterocycles. The van der Waals surface area contributed by atoms with Crippen LogP contribution in [0.5, 0.6) is 0 Å². The molecule has 0 radical (unpaired) electrons. The minimum absolute atomic E-state index is 0.176. The van der Waals surface area contributed by atoms with Crippen LogP contribution in [-0.2, 0) is 7.87 Å². The number of carbonyl (C=O) groups is 1. The number of carbonyl (C=O) groups excluding carboxylic acids is 1. The van der Waals surface area contributed by atoms with Gasteiger partial charge in [0.1, 0.15) is 0 Å². The maximum absolute atomic E-state index is 11.3. The molecule has 0 aromatic rings. The molecule has 0 aromatic carbocycles. The summed E-state index contributed by atoms with van der Waals surface area (Å²) in [4.78, 5) is 11.3. The first-order valence-electron chi connectivity index (χ1n) is 5.79.